The molecule has 0 saturated carbocycles. The molecule has 2 aromatic carbocycles. The molecule has 1 N–H and O–H groups in total. The number of barbiturate groups is 1. The van der Waals surface area contributed by atoms with Crippen molar-refractivity contribution >= 4 is 41.2 Å². The highest BCUT2D eigenvalue weighted by molar-refractivity contribution is 6.39. The fourth-order valence-electron chi connectivity index (χ4n) is 2.73. The van der Waals surface area contributed by atoms with Gasteiger partial charge in [-0.1, -0.05) is 24.9 Å². The fraction of sp³-hybridized carbons (Fsp3) is 0.190. The second-order valence-electron chi connectivity index (χ2n) is 6.32. The van der Waals surface area contributed by atoms with Gasteiger partial charge in [-0.25, -0.2) is 14.1 Å². The minimum absolute atomic E-state index is 0.137. The number of nitrogens with zero attached hydrogens (tertiary/aromatic N) is 1. The average Bonchev–Trinajstić information content (AvgIpc) is 2.68. The molecule has 1 aliphatic rings. The molecule has 1 aliphatic heterocycles. The van der Waals surface area contributed by atoms with Crippen LogP contribution in [0.4, 0.5) is 14.9 Å². The number of carbonyl (C=O) groups is 3. The lowest BCUT2D eigenvalue weighted by atomic mass is 10.1. The van der Waals surface area contributed by atoms with Crippen molar-refractivity contribution < 1.29 is 23.5 Å². The molecule has 6 nitrogen and oxygen atoms in total. The Kier molecular flexibility index (Phi) is 6.29. The number of unbranched alkanes of at least 4 members (excludes halogenated alkanes) is 1. The molecule has 0 spiro atoms. The van der Waals surface area contributed by atoms with E-state index in [0.29, 0.717) is 22.9 Å². The van der Waals surface area contributed by atoms with Crippen LogP contribution in [-0.4, -0.2) is 24.5 Å². The van der Waals surface area contributed by atoms with Gasteiger partial charge in [0, 0.05) is 10.6 Å². The number of anilines is 1. The number of urea groups is 1. The molecular formula is C21H18ClFN2O4. The van der Waals surface area contributed by atoms with Gasteiger partial charge in [-0.2, -0.15) is 0 Å². The van der Waals surface area contributed by atoms with Crippen molar-refractivity contribution in [1.82, 2.24) is 5.32 Å². The lowest BCUT2D eigenvalue weighted by molar-refractivity contribution is -0.122. The maximum Gasteiger partial charge on any atom is 0.335 e. The minimum atomic E-state index is -0.908. The molecule has 0 unspecified atom stereocenters. The molecule has 1 saturated heterocycles. The van der Waals surface area contributed by atoms with Gasteiger partial charge in [-0.15, -0.1) is 0 Å². The van der Waals surface area contributed by atoms with Gasteiger partial charge in [0.1, 0.15) is 17.1 Å². The quantitative estimate of drug-likeness (QED) is 0.432. The van der Waals surface area contributed by atoms with Gasteiger partial charge in [0.15, 0.2) is 0 Å². The van der Waals surface area contributed by atoms with Crippen LogP contribution < -0.4 is 15.0 Å². The van der Waals surface area contributed by atoms with Crippen molar-refractivity contribution in [2.24, 2.45) is 0 Å². The van der Waals surface area contributed by atoms with Gasteiger partial charge in [-0.3, -0.25) is 14.9 Å². The minimum Gasteiger partial charge on any atom is -0.493 e. The summed E-state index contributed by atoms with van der Waals surface area (Å²) in [6.45, 7) is 2.49. The third-order valence-corrected chi connectivity index (χ3v) is 4.45. The van der Waals surface area contributed by atoms with Crippen LogP contribution in [0.5, 0.6) is 5.75 Å². The first-order valence-electron chi connectivity index (χ1n) is 9.00. The van der Waals surface area contributed by atoms with Gasteiger partial charge in [0.25, 0.3) is 11.8 Å². The van der Waals surface area contributed by atoms with E-state index in [-0.39, 0.29) is 11.3 Å². The van der Waals surface area contributed by atoms with Crippen LogP contribution in [0.3, 0.4) is 0 Å². The Morgan fingerprint density at radius 1 is 1.14 bits per heavy atom. The van der Waals surface area contributed by atoms with Crippen LogP contribution in [0.15, 0.2) is 48.0 Å². The molecule has 2 aromatic rings. The normalized spacial score (nSPS) is 15.6. The number of carbonyl (C=O) groups excluding carboxylic acids is 3. The largest absolute Gasteiger partial charge is 0.493 e. The number of nitrogens with one attached hydrogen (secondary N) is 1. The Morgan fingerprint density at radius 3 is 2.55 bits per heavy atom. The molecule has 8 heteroatoms. The number of imide groups is 2. The number of hydrogen-bond acceptors (Lipinski definition) is 4. The van der Waals surface area contributed by atoms with E-state index in [2.05, 4.69) is 5.32 Å². The summed E-state index contributed by atoms with van der Waals surface area (Å²) in [5.41, 5.74) is 0.301. The van der Waals surface area contributed by atoms with E-state index in [1.807, 2.05) is 6.92 Å². The van der Waals surface area contributed by atoms with Crippen LogP contribution in [-0.2, 0) is 9.59 Å². The van der Waals surface area contributed by atoms with E-state index in [0.717, 1.165) is 29.9 Å². The molecule has 150 valence electrons. The molecule has 0 radical (unpaired) electrons. The molecule has 0 bridgehead atoms. The number of rotatable bonds is 6. The van der Waals surface area contributed by atoms with Gasteiger partial charge in [0.2, 0.25) is 0 Å². The number of halogens is 2. The van der Waals surface area contributed by atoms with Crippen molar-refractivity contribution in [1.29, 1.82) is 0 Å². The zero-order valence-corrected chi connectivity index (χ0v) is 16.3. The zero-order chi connectivity index (χ0) is 21.0. The van der Waals surface area contributed by atoms with E-state index in [9.17, 15) is 18.8 Å². The Morgan fingerprint density at radius 2 is 1.86 bits per heavy atom. The van der Waals surface area contributed by atoms with Crippen molar-refractivity contribution in [3.63, 3.8) is 0 Å². The number of amides is 4. The van der Waals surface area contributed by atoms with Gasteiger partial charge >= 0.3 is 6.03 Å². The van der Waals surface area contributed by atoms with Crippen molar-refractivity contribution in [3.8, 4) is 5.75 Å². The summed E-state index contributed by atoms with van der Waals surface area (Å²) in [4.78, 5) is 38.2. The highest BCUT2D eigenvalue weighted by Crippen LogP contribution is 2.28. The van der Waals surface area contributed by atoms with E-state index in [4.69, 9.17) is 16.3 Å². The second kappa shape index (κ2) is 8.87. The van der Waals surface area contributed by atoms with E-state index in [1.54, 1.807) is 18.2 Å². The SMILES string of the molecule is CCCCOc1ccc(Cl)cc1/C=C1\C(=O)NC(=O)N(c2ccc(F)cc2)C1=O. The summed E-state index contributed by atoms with van der Waals surface area (Å²) < 4.78 is 18.9. The van der Waals surface area contributed by atoms with Crippen LogP contribution in [0, 0.1) is 5.82 Å². The topological polar surface area (TPSA) is 75.7 Å². The second-order valence-corrected chi connectivity index (χ2v) is 6.75. The van der Waals surface area contributed by atoms with Gasteiger partial charge in [-0.05, 0) is 55.0 Å². The van der Waals surface area contributed by atoms with Crippen LogP contribution in [0.25, 0.3) is 6.08 Å². The third-order valence-electron chi connectivity index (χ3n) is 4.21. The summed E-state index contributed by atoms with van der Waals surface area (Å²) in [5.74, 6) is -1.72. The van der Waals surface area contributed by atoms with Gasteiger partial charge in [0.05, 0.1) is 12.3 Å². The zero-order valence-electron chi connectivity index (χ0n) is 15.6. The summed E-state index contributed by atoms with van der Waals surface area (Å²) in [6.07, 6.45) is 3.11. The molecule has 0 aromatic heterocycles. The maximum absolute atomic E-state index is 13.2. The summed E-state index contributed by atoms with van der Waals surface area (Å²) in [5, 5.41) is 2.52. The Hall–Kier alpha value is -3.19. The van der Waals surface area contributed by atoms with Crippen molar-refractivity contribution in [3.05, 3.63) is 64.4 Å². The number of ether oxygens (including phenoxy) is 1. The van der Waals surface area contributed by atoms with Gasteiger partial charge < -0.3 is 4.74 Å². The smallest absolute Gasteiger partial charge is 0.335 e. The standard InChI is InChI=1S/C21H18ClFN2O4/c1-2-3-10-29-18-9-4-14(22)11-13(18)12-17-19(26)24-21(28)25(20(17)27)16-7-5-15(23)6-8-16/h4-9,11-12H,2-3,10H2,1H3,(H,24,26,28)/b17-12+. The highest BCUT2D eigenvalue weighted by Gasteiger charge is 2.37. The monoisotopic (exact) mass is 416 g/mol. The first-order chi connectivity index (χ1) is 13.9. The summed E-state index contributed by atoms with van der Waals surface area (Å²) >= 11 is 6.06. The van der Waals surface area contributed by atoms with Crippen molar-refractivity contribution in [2.75, 3.05) is 11.5 Å². The molecular weight excluding hydrogens is 399 g/mol. The van der Waals surface area contributed by atoms with Crippen LogP contribution >= 0.6 is 11.6 Å². The lowest BCUT2D eigenvalue weighted by Gasteiger charge is -2.26. The molecule has 29 heavy (non-hydrogen) atoms. The first kappa shape index (κ1) is 20.5. The summed E-state index contributed by atoms with van der Waals surface area (Å²) in [7, 11) is 0. The molecule has 1 heterocycles. The molecule has 0 aliphatic carbocycles. The third kappa shape index (κ3) is 4.63. The summed E-state index contributed by atoms with van der Waals surface area (Å²) in [6, 6.07) is 8.74. The Bertz CT molecular complexity index is 989. The predicted octanol–water partition coefficient (Wildman–Crippen LogP) is 4.32. The Balaban J connectivity index is 1.98. The van der Waals surface area contributed by atoms with E-state index in [1.165, 1.54) is 18.2 Å². The Labute approximate surface area is 171 Å². The molecule has 1 fully saturated rings. The average molecular weight is 417 g/mol. The molecule has 4 amide bonds. The maximum atomic E-state index is 13.2. The molecule has 0 atom stereocenters. The van der Waals surface area contributed by atoms with Crippen molar-refractivity contribution in [2.45, 2.75) is 19.8 Å². The molecule has 3 rings (SSSR count). The van der Waals surface area contributed by atoms with E-state index >= 15 is 0 Å². The van der Waals surface area contributed by atoms with E-state index < -0.39 is 23.7 Å². The van der Waals surface area contributed by atoms with Crippen LogP contribution in [0.2, 0.25) is 5.02 Å². The van der Waals surface area contributed by atoms with Crippen LogP contribution in [0.1, 0.15) is 25.3 Å². The lowest BCUT2D eigenvalue weighted by Crippen LogP contribution is -2.54. The predicted molar refractivity (Wildman–Crippen MR) is 107 cm³/mol. The number of benzene rings is 2. The first-order valence-corrected chi connectivity index (χ1v) is 9.38. The number of hydrogen-bond donors (Lipinski definition) is 1. The fourth-order valence-corrected chi connectivity index (χ4v) is 2.91. The highest BCUT2D eigenvalue weighted by atomic mass is 35.5.